The summed E-state index contributed by atoms with van der Waals surface area (Å²) in [5, 5.41) is 9.66. The normalized spacial score (nSPS) is 11.3. The maximum atomic E-state index is 4.35. The smallest absolute Gasteiger partial charge is 0.132 e. The Labute approximate surface area is 117 Å². The van der Waals surface area contributed by atoms with Gasteiger partial charge in [-0.25, -0.2) is 15.0 Å². The van der Waals surface area contributed by atoms with Gasteiger partial charge in [-0.05, 0) is 20.3 Å². The van der Waals surface area contributed by atoms with E-state index < -0.39 is 0 Å². The average Bonchev–Trinajstić information content (AvgIpc) is 2.91. The van der Waals surface area contributed by atoms with E-state index in [2.05, 4.69) is 46.4 Å². The van der Waals surface area contributed by atoms with Crippen LogP contribution in [0.1, 0.15) is 32.2 Å². The Bertz CT molecular complexity index is 510. The van der Waals surface area contributed by atoms with Crippen molar-refractivity contribution in [2.24, 2.45) is 0 Å². The van der Waals surface area contributed by atoms with Crippen LogP contribution in [0.3, 0.4) is 0 Å². The lowest BCUT2D eigenvalue weighted by Gasteiger charge is -2.24. The van der Waals surface area contributed by atoms with Crippen molar-refractivity contribution in [1.29, 1.82) is 0 Å². The van der Waals surface area contributed by atoms with Gasteiger partial charge < -0.3 is 10.6 Å². The average molecular weight is 277 g/mol. The third-order valence-electron chi connectivity index (χ3n) is 2.63. The Morgan fingerprint density at radius 2 is 2.00 bits per heavy atom. The van der Waals surface area contributed by atoms with E-state index in [-0.39, 0.29) is 5.54 Å². The van der Waals surface area contributed by atoms with E-state index in [1.165, 1.54) is 0 Å². The Morgan fingerprint density at radius 1 is 1.21 bits per heavy atom. The number of rotatable bonds is 6. The van der Waals surface area contributed by atoms with Crippen molar-refractivity contribution < 1.29 is 0 Å². The van der Waals surface area contributed by atoms with Gasteiger partial charge in [0.2, 0.25) is 0 Å². The van der Waals surface area contributed by atoms with Gasteiger partial charge in [-0.1, -0.05) is 6.92 Å². The van der Waals surface area contributed by atoms with Gasteiger partial charge in [0.1, 0.15) is 23.0 Å². The molecule has 102 valence electrons. The molecule has 19 heavy (non-hydrogen) atoms. The molecule has 0 radical (unpaired) electrons. The van der Waals surface area contributed by atoms with Crippen LogP contribution in [-0.4, -0.2) is 21.5 Å². The molecule has 0 aliphatic heterocycles. The zero-order chi connectivity index (χ0) is 13.7. The van der Waals surface area contributed by atoms with Crippen LogP contribution >= 0.6 is 11.3 Å². The second kappa shape index (κ2) is 5.97. The monoisotopic (exact) mass is 277 g/mol. The van der Waals surface area contributed by atoms with Crippen molar-refractivity contribution in [3.8, 4) is 0 Å². The van der Waals surface area contributed by atoms with Crippen LogP contribution in [0, 0.1) is 0 Å². The molecule has 2 N–H and O–H groups in total. The van der Waals surface area contributed by atoms with Gasteiger partial charge in [0.25, 0.3) is 0 Å². The SMILES string of the molecule is CCCNc1cc(NC(C)(C)c2nccs2)ncn1. The van der Waals surface area contributed by atoms with Crippen LogP contribution in [0.2, 0.25) is 0 Å². The summed E-state index contributed by atoms with van der Waals surface area (Å²) in [6, 6.07) is 1.92. The number of hydrogen-bond donors (Lipinski definition) is 2. The van der Waals surface area contributed by atoms with Gasteiger partial charge in [-0.2, -0.15) is 0 Å². The van der Waals surface area contributed by atoms with Gasteiger partial charge in [0.15, 0.2) is 0 Å². The fraction of sp³-hybridized carbons (Fsp3) is 0.462. The second-order valence-corrected chi connectivity index (χ2v) is 5.70. The van der Waals surface area contributed by atoms with Crippen LogP contribution in [0.15, 0.2) is 24.0 Å². The highest BCUT2D eigenvalue weighted by Crippen LogP contribution is 2.26. The number of aromatic nitrogens is 3. The number of anilines is 2. The van der Waals surface area contributed by atoms with Gasteiger partial charge in [0, 0.05) is 24.2 Å². The first-order chi connectivity index (χ1) is 9.12. The summed E-state index contributed by atoms with van der Waals surface area (Å²) in [4.78, 5) is 12.8. The molecule has 0 aliphatic rings. The summed E-state index contributed by atoms with van der Waals surface area (Å²) in [6.45, 7) is 7.21. The third kappa shape index (κ3) is 3.64. The van der Waals surface area contributed by atoms with Gasteiger partial charge in [-0.3, -0.25) is 0 Å². The molecule has 2 rings (SSSR count). The number of hydrogen-bond acceptors (Lipinski definition) is 6. The van der Waals surface area contributed by atoms with Crippen LogP contribution < -0.4 is 10.6 Å². The Morgan fingerprint density at radius 3 is 2.68 bits per heavy atom. The molecule has 0 saturated carbocycles. The van der Waals surface area contributed by atoms with Crippen LogP contribution in [0.25, 0.3) is 0 Å². The van der Waals surface area contributed by atoms with E-state index in [1.807, 2.05) is 17.6 Å². The Hall–Kier alpha value is -1.69. The first kappa shape index (κ1) is 13.7. The number of nitrogens with one attached hydrogen (secondary N) is 2. The summed E-state index contributed by atoms with van der Waals surface area (Å²) in [5.41, 5.74) is -0.245. The minimum Gasteiger partial charge on any atom is -0.370 e. The number of nitrogens with zero attached hydrogens (tertiary/aromatic N) is 3. The van der Waals surface area contributed by atoms with Gasteiger partial charge in [0.05, 0.1) is 5.54 Å². The first-order valence-corrected chi connectivity index (χ1v) is 7.24. The standard InChI is InChI=1S/C13H19N5S/c1-4-5-14-10-8-11(17-9-16-10)18-13(2,3)12-15-6-7-19-12/h6-9H,4-5H2,1-3H3,(H2,14,16,17,18). The summed E-state index contributed by atoms with van der Waals surface area (Å²) < 4.78 is 0. The Balaban J connectivity index is 2.10. The minimum absolute atomic E-state index is 0.245. The molecule has 0 fully saturated rings. The van der Waals surface area contributed by atoms with Crippen LogP contribution in [0.5, 0.6) is 0 Å². The molecule has 2 aromatic heterocycles. The highest BCUT2D eigenvalue weighted by atomic mass is 32.1. The lowest BCUT2D eigenvalue weighted by Crippen LogP contribution is -2.28. The fourth-order valence-electron chi connectivity index (χ4n) is 1.68. The lowest BCUT2D eigenvalue weighted by molar-refractivity contribution is 0.600. The molecule has 0 unspecified atom stereocenters. The van der Waals surface area contributed by atoms with Gasteiger partial charge >= 0.3 is 0 Å². The quantitative estimate of drug-likeness (QED) is 0.849. The summed E-state index contributed by atoms with van der Waals surface area (Å²) in [7, 11) is 0. The highest BCUT2D eigenvalue weighted by Gasteiger charge is 2.23. The molecule has 0 atom stereocenters. The first-order valence-electron chi connectivity index (χ1n) is 6.36. The molecule has 2 heterocycles. The summed E-state index contributed by atoms with van der Waals surface area (Å²) in [5.74, 6) is 1.64. The predicted octanol–water partition coefficient (Wildman–Crippen LogP) is 3.10. The van der Waals surface area contributed by atoms with Crippen molar-refractivity contribution in [3.05, 3.63) is 29.0 Å². The second-order valence-electron chi connectivity index (χ2n) is 4.80. The fourth-order valence-corrected chi connectivity index (χ4v) is 2.40. The molecule has 2 aromatic rings. The molecule has 0 amide bonds. The lowest BCUT2D eigenvalue weighted by atomic mass is 10.1. The summed E-state index contributed by atoms with van der Waals surface area (Å²) in [6.07, 6.45) is 4.45. The predicted molar refractivity (Wildman–Crippen MR) is 79.6 cm³/mol. The number of thiazole rings is 1. The van der Waals surface area contributed by atoms with E-state index >= 15 is 0 Å². The van der Waals surface area contributed by atoms with Crippen molar-refractivity contribution in [3.63, 3.8) is 0 Å². The van der Waals surface area contributed by atoms with E-state index in [0.29, 0.717) is 0 Å². The van der Waals surface area contributed by atoms with Gasteiger partial charge in [-0.15, -0.1) is 11.3 Å². The van der Waals surface area contributed by atoms with Crippen molar-refractivity contribution in [2.75, 3.05) is 17.2 Å². The molecule has 6 heteroatoms. The maximum absolute atomic E-state index is 4.35. The zero-order valence-corrected chi connectivity index (χ0v) is 12.3. The van der Waals surface area contributed by atoms with E-state index in [9.17, 15) is 0 Å². The van der Waals surface area contributed by atoms with E-state index in [0.717, 1.165) is 29.6 Å². The topological polar surface area (TPSA) is 62.7 Å². The zero-order valence-electron chi connectivity index (χ0n) is 11.5. The maximum Gasteiger partial charge on any atom is 0.132 e. The van der Waals surface area contributed by atoms with Crippen LogP contribution in [-0.2, 0) is 5.54 Å². The molecule has 0 aliphatic carbocycles. The molecular weight excluding hydrogens is 258 g/mol. The molecule has 5 nitrogen and oxygen atoms in total. The van der Waals surface area contributed by atoms with E-state index in [1.54, 1.807) is 17.7 Å². The van der Waals surface area contributed by atoms with Crippen molar-refractivity contribution in [1.82, 2.24) is 15.0 Å². The van der Waals surface area contributed by atoms with Crippen molar-refractivity contribution >= 4 is 23.0 Å². The Kier molecular flexibility index (Phi) is 4.31. The van der Waals surface area contributed by atoms with Crippen molar-refractivity contribution in [2.45, 2.75) is 32.7 Å². The minimum atomic E-state index is -0.245. The molecule has 0 saturated heterocycles. The largest absolute Gasteiger partial charge is 0.370 e. The van der Waals surface area contributed by atoms with E-state index in [4.69, 9.17) is 0 Å². The highest BCUT2D eigenvalue weighted by molar-refractivity contribution is 7.09. The summed E-state index contributed by atoms with van der Waals surface area (Å²) >= 11 is 1.63. The molecule has 0 aromatic carbocycles. The molecular formula is C13H19N5S. The third-order valence-corrected chi connectivity index (χ3v) is 3.73. The molecule has 0 bridgehead atoms. The van der Waals surface area contributed by atoms with Crippen LogP contribution in [0.4, 0.5) is 11.6 Å². The molecule has 0 spiro atoms.